The normalized spacial score (nSPS) is 15.1. The summed E-state index contributed by atoms with van der Waals surface area (Å²) < 4.78 is 5.08. The van der Waals surface area contributed by atoms with Gasteiger partial charge in [-0.2, -0.15) is 0 Å². The van der Waals surface area contributed by atoms with E-state index in [1.165, 1.54) is 0 Å². The lowest BCUT2D eigenvalue weighted by molar-refractivity contribution is -0.133. The van der Waals surface area contributed by atoms with Gasteiger partial charge in [0.2, 0.25) is 5.91 Å². The molecule has 0 rings (SSSR count). The Kier molecular flexibility index (Phi) is 8.26. The zero-order valence-electron chi connectivity index (χ0n) is 13.5. The highest BCUT2D eigenvalue weighted by Crippen LogP contribution is 2.32. The minimum atomic E-state index is 0.125. The van der Waals surface area contributed by atoms with Gasteiger partial charge in [-0.15, -0.1) is 0 Å². The molecule has 0 saturated heterocycles. The summed E-state index contributed by atoms with van der Waals surface area (Å²) in [5.74, 6) is 0.684. The first-order chi connectivity index (χ1) is 8.73. The van der Waals surface area contributed by atoms with Crippen molar-refractivity contribution in [3.8, 4) is 0 Å². The number of nitrogens with two attached hydrogens (primary N) is 1. The van der Waals surface area contributed by atoms with Gasteiger partial charge in [0.1, 0.15) is 0 Å². The van der Waals surface area contributed by atoms with Crippen molar-refractivity contribution in [2.24, 2.45) is 17.1 Å². The van der Waals surface area contributed by atoms with E-state index in [0.717, 1.165) is 12.8 Å². The maximum absolute atomic E-state index is 12.1. The Morgan fingerprint density at radius 2 is 1.89 bits per heavy atom. The standard InChI is InChI=1S/C15H32N2O2/c1-12(11-19-6)17(5)14(18)8-7-13(9-10-16)15(2,3)4/h12-13H,7-11,16H2,1-6H3. The third-order valence-electron chi connectivity index (χ3n) is 3.91. The fraction of sp³-hybridized carbons (Fsp3) is 0.933. The van der Waals surface area contributed by atoms with Crippen LogP contribution in [0, 0.1) is 11.3 Å². The number of carbonyl (C=O) groups is 1. The molecule has 1 amide bonds. The van der Waals surface area contributed by atoms with Gasteiger partial charge in [-0.25, -0.2) is 0 Å². The number of ether oxygens (including phenoxy) is 1. The third kappa shape index (κ3) is 6.92. The number of hydrogen-bond donors (Lipinski definition) is 1. The highest BCUT2D eigenvalue weighted by molar-refractivity contribution is 5.76. The molecule has 0 spiro atoms. The molecule has 0 aromatic carbocycles. The average molecular weight is 272 g/mol. The average Bonchev–Trinajstić information content (AvgIpc) is 2.31. The summed E-state index contributed by atoms with van der Waals surface area (Å²) in [6.07, 6.45) is 2.48. The predicted molar refractivity (Wildman–Crippen MR) is 80.0 cm³/mol. The van der Waals surface area contributed by atoms with Crippen LogP contribution in [0.3, 0.4) is 0 Å². The summed E-state index contributed by atoms with van der Waals surface area (Å²) >= 11 is 0. The topological polar surface area (TPSA) is 55.6 Å². The largest absolute Gasteiger partial charge is 0.383 e. The highest BCUT2D eigenvalue weighted by atomic mass is 16.5. The van der Waals surface area contributed by atoms with E-state index in [4.69, 9.17) is 10.5 Å². The van der Waals surface area contributed by atoms with Gasteiger partial charge in [0.05, 0.1) is 12.6 Å². The van der Waals surface area contributed by atoms with E-state index in [1.807, 2.05) is 14.0 Å². The zero-order chi connectivity index (χ0) is 15.1. The van der Waals surface area contributed by atoms with Crippen molar-refractivity contribution in [3.05, 3.63) is 0 Å². The second-order valence-electron chi connectivity index (χ2n) is 6.49. The first-order valence-electron chi connectivity index (χ1n) is 7.18. The SMILES string of the molecule is COCC(C)N(C)C(=O)CCC(CCN)C(C)(C)C. The Bertz CT molecular complexity index is 261. The number of carbonyl (C=O) groups excluding carboxylic acids is 1. The van der Waals surface area contributed by atoms with E-state index < -0.39 is 0 Å². The number of likely N-dealkylation sites (N-methyl/N-ethyl adjacent to an activating group) is 1. The van der Waals surface area contributed by atoms with Gasteiger partial charge in [-0.3, -0.25) is 4.79 Å². The lowest BCUT2D eigenvalue weighted by Gasteiger charge is -2.31. The smallest absolute Gasteiger partial charge is 0.222 e. The van der Waals surface area contributed by atoms with Crippen molar-refractivity contribution in [1.29, 1.82) is 0 Å². The Hall–Kier alpha value is -0.610. The molecular formula is C15H32N2O2. The molecule has 0 saturated carbocycles. The summed E-state index contributed by atoms with van der Waals surface area (Å²) in [7, 11) is 3.51. The van der Waals surface area contributed by atoms with Gasteiger partial charge in [0.15, 0.2) is 0 Å². The quantitative estimate of drug-likeness (QED) is 0.737. The molecule has 2 unspecified atom stereocenters. The van der Waals surface area contributed by atoms with Gasteiger partial charge >= 0.3 is 0 Å². The number of nitrogens with zero attached hydrogens (tertiary/aromatic N) is 1. The molecule has 2 atom stereocenters. The van der Waals surface area contributed by atoms with E-state index in [0.29, 0.717) is 25.5 Å². The van der Waals surface area contributed by atoms with Crippen LogP contribution < -0.4 is 5.73 Å². The summed E-state index contributed by atoms with van der Waals surface area (Å²) in [6.45, 7) is 9.92. The first-order valence-corrected chi connectivity index (χ1v) is 7.18. The van der Waals surface area contributed by atoms with Crippen molar-refractivity contribution in [1.82, 2.24) is 4.90 Å². The lowest BCUT2D eigenvalue weighted by Crippen LogP contribution is -2.38. The molecule has 0 radical (unpaired) electrons. The van der Waals surface area contributed by atoms with Crippen LogP contribution in [-0.2, 0) is 9.53 Å². The number of hydrogen-bond acceptors (Lipinski definition) is 3. The molecule has 0 aromatic rings. The van der Waals surface area contributed by atoms with E-state index in [2.05, 4.69) is 20.8 Å². The van der Waals surface area contributed by atoms with E-state index >= 15 is 0 Å². The van der Waals surface area contributed by atoms with Crippen LogP contribution >= 0.6 is 0 Å². The molecule has 4 nitrogen and oxygen atoms in total. The molecule has 0 bridgehead atoms. The Morgan fingerprint density at radius 3 is 2.32 bits per heavy atom. The van der Waals surface area contributed by atoms with Crippen molar-refractivity contribution < 1.29 is 9.53 Å². The fourth-order valence-corrected chi connectivity index (χ4v) is 2.28. The Balaban J connectivity index is 4.32. The molecule has 4 heteroatoms. The van der Waals surface area contributed by atoms with Gasteiger partial charge in [0, 0.05) is 20.6 Å². The molecule has 0 heterocycles. The van der Waals surface area contributed by atoms with Crippen LogP contribution in [0.1, 0.15) is 47.0 Å². The molecular weight excluding hydrogens is 240 g/mol. The van der Waals surface area contributed by atoms with Gasteiger partial charge in [0.25, 0.3) is 0 Å². The van der Waals surface area contributed by atoms with Crippen LogP contribution in [0.15, 0.2) is 0 Å². The van der Waals surface area contributed by atoms with E-state index in [9.17, 15) is 4.79 Å². The van der Waals surface area contributed by atoms with Crippen molar-refractivity contribution >= 4 is 5.91 Å². The molecule has 0 fully saturated rings. The monoisotopic (exact) mass is 272 g/mol. The molecule has 2 N–H and O–H groups in total. The Morgan fingerprint density at radius 1 is 1.32 bits per heavy atom. The van der Waals surface area contributed by atoms with Crippen LogP contribution in [0.2, 0.25) is 0 Å². The third-order valence-corrected chi connectivity index (χ3v) is 3.91. The maximum atomic E-state index is 12.1. The minimum Gasteiger partial charge on any atom is -0.383 e. The second-order valence-corrected chi connectivity index (χ2v) is 6.49. The summed E-state index contributed by atoms with van der Waals surface area (Å²) in [5.41, 5.74) is 5.87. The van der Waals surface area contributed by atoms with Crippen LogP contribution in [0.5, 0.6) is 0 Å². The van der Waals surface area contributed by atoms with Gasteiger partial charge in [-0.1, -0.05) is 20.8 Å². The fourth-order valence-electron chi connectivity index (χ4n) is 2.28. The van der Waals surface area contributed by atoms with Crippen LogP contribution in [0.25, 0.3) is 0 Å². The second kappa shape index (κ2) is 8.54. The zero-order valence-corrected chi connectivity index (χ0v) is 13.5. The van der Waals surface area contributed by atoms with Crippen molar-refractivity contribution in [3.63, 3.8) is 0 Å². The molecule has 0 aliphatic heterocycles. The summed E-state index contributed by atoms with van der Waals surface area (Å²) in [5, 5.41) is 0. The van der Waals surface area contributed by atoms with Gasteiger partial charge < -0.3 is 15.4 Å². The van der Waals surface area contributed by atoms with Crippen LogP contribution in [-0.4, -0.2) is 44.2 Å². The predicted octanol–water partition coefficient (Wildman–Crippen LogP) is 2.27. The highest BCUT2D eigenvalue weighted by Gasteiger charge is 2.25. The number of amides is 1. The molecule has 0 aromatic heterocycles. The maximum Gasteiger partial charge on any atom is 0.222 e. The molecule has 114 valence electrons. The Labute approximate surface area is 118 Å². The van der Waals surface area contributed by atoms with E-state index in [-0.39, 0.29) is 17.4 Å². The van der Waals surface area contributed by atoms with Crippen molar-refractivity contribution in [2.75, 3.05) is 27.3 Å². The summed E-state index contributed by atoms with van der Waals surface area (Å²) in [4.78, 5) is 13.9. The van der Waals surface area contributed by atoms with Gasteiger partial charge in [-0.05, 0) is 37.6 Å². The first kappa shape index (κ1) is 18.4. The van der Waals surface area contributed by atoms with Crippen molar-refractivity contribution in [2.45, 2.75) is 53.0 Å². The van der Waals surface area contributed by atoms with Crippen LogP contribution in [0.4, 0.5) is 0 Å². The number of rotatable bonds is 8. The molecule has 0 aliphatic carbocycles. The lowest BCUT2D eigenvalue weighted by atomic mass is 9.76. The molecule has 0 aliphatic rings. The summed E-state index contributed by atoms with van der Waals surface area (Å²) in [6, 6.07) is 0.125. The molecule has 19 heavy (non-hydrogen) atoms. The van der Waals surface area contributed by atoms with E-state index in [1.54, 1.807) is 12.0 Å². The minimum absolute atomic E-state index is 0.125. The number of methoxy groups -OCH3 is 1.